The van der Waals surface area contributed by atoms with Crippen molar-refractivity contribution >= 4 is 0 Å². The maximum Gasteiger partial charge on any atom is 1.00 e. The van der Waals surface area contributed by atoms with Crippen LogP contribution in [0.2, 0.25) is 0 Å². The topological polar surface area (TPSA) is 112 Å². The van der Waals surface area contributed by atoms with E-state index in [1.54, 1.807) is 0 Å². The fraction of sp³-hybridized carbons (Fsp3) is 0. The number of halogens is 2. The Bertz CT molecular complexity index is 21.6. The van der Waals surface area contributed by atoms with E-state index in [1.807, 2.05) is 0 Å². The van der Waals surface area contributed by atoms with Crippen molar-refractivity contribution in [2.75, 3.05) is 0 Å². The fourth-order valence-corrected chi connectivity index (χ4v) is 0. The molecule has 0 aliphatic heterocycles. The molecule has 0 aliphatic rings. The van der Waals surface area contributed by atoms with Gasteiger partial charge < -0.3 is 18.6 Å². The molecule has 8 heteroatoms. The van der Waals surface area contributed by atoms with Gasteiger partial charge in [0.1, 0.15) is 0 Å². The van der Waals surface area contributed by atoms with Crippen LogP contribution < -0.4 is 48.2 Å². The second-order valence-electron chi connectivity index (χ2n) is 0.258. The molecule has 0 aromatic carbocycles. The second-order valence-corrected chi connectivity index (χ2v) is 0.774. The van der Waals surface area contributed by atoms with Crippen LogP contribution in [0.15, 0.2) is 0 Å². The van der Waals surface area contributed by atoms with E-state index >= 15 is 0 Å². The molecule has 0 atom stereocenters. The molecule has 0 saturated heterocycles. The van der Waals surface area contributed by atoms with E-state index in [0.717, 1.165) is 0 Å². The van der Waals surface area contributed by atoms with Crippen LogP contribution >= 0.6 is 0 Å². The normalized spacial score (nSPS) is 6.75. The van der Waals surface area contributed by atoms with Crippen LogP contribution in [0, 0.1) is 22.1 Å². The van der Waals surface area contributed by atoms with E-state index in [4.69, 9.17) is 23.3 Å². The van der Waals surface area contributed by atoms with E-state index in [9.17, 15) is 0 Å². The zero-order chi connectivity index (χ0) is 6.28. The molecular formula is HCl2NaO5. The molecule has 0 amide bonds. The molecule has 1 N–H and O–H groups in total. The first-order valence-electron chi connectivity index (χ1n) is 0.786. The van der Waals surface area contributed by atoms with E-state index in [-0.39, 0.29) is 40.9 Å². The van der Waals surface area contributed by atoms with Crippen molar-refractivity contribution in [2.45, 2.75) is 0 Å². The summed E-state index contributed by atoms with van der Waals surface area (Å²) in [6.07, 6.45) is 0. The van der Waals surface area contributed by atoms with Gasteiger partial charge in [-0.2, -0.15) is 0 Å². The monoisotopic (exact) mass is 174 g/mol. The standard InChI is InChI=1S/ClO3.ClHO2.Na/c2-1(3)4;2-1-3;/h;2H;/q-1;;+1. The third-order valence-corrected chi connectivity index (χ3v) is 0. The van der Waals surface area contributed by atoms with E-state index in [1.165, 1.54) is 0 Å². The van der Waals surface area contributed by atoms with Gasteiger partial charge in [0.2, 0.25) is 0 Å². The van der Waals surface area contributed by atoms with Gasteiger partial charge in [-0.15, -0.1) is 4.66 Å². The first-order chi connectivity index (χ1) is 3.15. The van der Waals surface area contributed by atoms with Gasteiger partial charge in [0.15, 0.2) is 0 Å². The molecule has 0 aromatic rings. The summed E-state index contributed by atoms with van der Waals surface area (Å²) in [6.45, 7) is 0. The van der Waals surface area contributed by atoms with E-state index in [0.29, 0.717) is 0 Å². The van der Waals surface area contributed by atoms with Crippen LogP contribution in [-0.4, -0.2) is 4.66 Å². The summed E-state index contributed by atoms with van der Waals surface area (Å²) in [6, 6.07) is 0. The van der Waals surface area contributed by atoms with Gasteiger partial charge in [-0.25, -0.2) is 0 Å². The Balaban J connectivity index is -0.0000000575. The Morgan fingerprint density at radius 3 is 1.25 bits per heavy atom. The van der Waals surface area contributed by atoms with Crippen molar-refractivity contribution in [1.82, 2.24) is 0 Å². The molecule has 8 heavy (non-hydrogen) atoms. The molecule has 46 valence electrons. The Hall–Kier alpha value is 1.38. The average Bonchev–Trinajstić information content (AvgIpc) is 1.33. The van der Waals surface area contributed by atoms with Crippen molar-refractivity contribution in [1.29, 1.82) is 0 Å². The van der Waals surface area contributed by atoms with Crippen LogP contribution in [-0.2, 0) is 0 Å². The predicted octanol–water partition coefficient (Wildman–Crippen LogP) is -8.31. The molecule has 0 saturated carbocycles. The summed E-state index contributed by atoms with van der Waals surface area (Å²) in [5.74, 6) is 0. The van der Waals surface area contributed by atoms with E-state index < -0.39 is 10.8 Å². The van der Waals surface area contributed by atoms with E-state index in [2.05, 4.69) is 0 Å². The zero-order valence-corrected chi connectivity index (χ0v) is 7.35. The molecule has 0 aromatic heterocycles. The Morgan fingerprint density at radius 1 is 1.25 bits per heavy atom. The third kappa shape index (κ3) is 158. The summed E-state index contributed by atoms with van der Waals surface area (Å²) in [5.41, 5.74) is 0. The molecule has 0 aliphatic carbocycles. The molecule has 0 bridgehead atoms. The molecule has 0 radical (unpaired) electrons. The molecule has 0 fully saturated rings. The summed E-state index contributed by atoms with van der Waals surface area (Å²) in [4.78, 5) is 0. The van der Waals surface area contributed by atoms with Gasteiger partial charge in [0.25, 0.3) is 0 Å². The summed E-state index contributed by atoms with van der Waals surface area (Å²) < 4.78 is 40.4. The van der Waals surface area contributed by atoms with Crippen LogP contribution in [0.1, 0.15) is 0 Å². The Kier molecular flexibility index (Phi) is 31.9. The Morgan fingerprint density at radius 2 is 1.25 bits per heavy atom. The average molecular weight is 175 g/mol. The third-order valence-electron chi connectivity index (χ3n) is 0. The van der Waals surface area contributed by atoms with Crippen LogP contribution in [0.4, 0.5) is 0 Å². The van der Waals surface area contributed by atoms with Crippen molar-refractivity contribution in [3.63, 3.8) is 0 Å². The SMILES string of the molecule is [Na+].[O-][Cl+2]([O-])[O-].[O-][Cl+]O. The molecule has 0 heterocycles. The van der Waals surface area contributed by atoms with Gasteiger partial charge >= 0.3 is 40.9 Å². The molecule has 5 nitrogen and oxygen atoms in total. The first-order valence-corrected chi connectivity index (χ1v) is 2.36. The van der Waals surface area contributed by atoms with Crippen LogP contribution in [0.5, 0.6) is 0 Å². The molecular weight excluding hydrogens is 174 g/mol. The van der Waals surface area contributed by atoms with Gasteiger partial charge in [-0.3, -0.25) is 0 Å². The Labute approximate surface area is 74.7 Å². The van der Waals surface area contributed by atoms with Crippen molar-refractivity contribution in [2.24, 2.45) is 0 Å². The maximum absolute atomic E-state index is 8.41. The minimum atomic E-state index is -2.85. The minimum Gasteiger partial charge on any atom is -0.506 e. The molecule has 0 rings (SSSR count). The fourth-order valence-electron chi connectivity index (χ4n) is 0. The first kappa shape index (κ1) is 16.2. The van der Waals surface area contributed by atoms with Gasteiger partial charge in [0.05, 0.1) is 10.8 Å². The largest absolute Gasteiger partial charge is 1.00 e. The van der Waals surface area contributed by atoms with Gasteiger partial charge in [0, 0.05) is 0 Å². The maximum atomic E-state index is 8.41. The number of rotatable bonds is 0. The quantitative estimate of drug-likeness (QED) is 0.367. The summed E-state index contributed by atoms with van der Waals surface area (Å²) in [5, 5.41) is 0. The van der Waals surface area contributed by atoms with Gasteiger partial charge in [-0.1, -0.05) is 0 Å². The van der Waals surface area contributed by atoms with Crippen molar-refractivity contribution in [3.8, 4) is 0 Å². The molecule has 0 unspecified atom stereocenters. The van der Waals surface area contributed by atoms with Crippen LogP contribution in [0.3, 0.4) is 0 Å². The summed E-state index contributed by atoms with van der Waals surface area (Å²) in [7, 11) is -2.85. The van der Waals surface area contributed by atoms with Gasteiger partial charge in [-0.05, 0) is 0 Å². The van der Waals surface area contributed by atoms with Crippen LogP contribution in [0.25, 0.3) is 0 Å². The predicted molar refractivity (Wildman–Crippen MR) is 2.22 cm³/mol. The summed E-state index contributed by atoms with van der Waals surface area (Å²) >= 11 is -0.167. The number of hydrogen-bond donors (Lipinski definition) is 1. The smallest absolute Gasteiger partial charge is 0.506 e. The molecule has 0 spiro atoms. The number of hydrogen-bond acceptors (Lipinski definition) is 5. The minimum absolute atomic E-state index is 0. The van der Waals surface area contributed by atoms with Crippen molar-refractivity contribution < 1.29 is 75.0 Å². The van der Waals surface area contributed by atoms with Crippen molar-refractivity contribution in [3.05, 3.63) is 0 Å². The second kappa shape index (κ2) is 15.8. The zero-order valence-electron chi connectivity index (χ0n) is 3.84.